The highest BCUT2D eigenvalue weighted by molar-refractivity contribution is 5.92. The van der Waals surface area contributed by atoms with Gasteiger partial charge in [-0.05, 0) is 25.0 Å². The first kappa shape index (κ1) is 11.5. The first-order valence-electron chi connectivity index (χ1n) is 5.17. The lowest BCUT2D eigenvalue weighted by molar-refractivity contribution is -0.143. The van der Waals surface area contributed by atoms with E-state index in [9.17, 15) is 14.0 Å². The molecular formula is C11H11FN2O3. The zero-order valence-electron chi connectivity index (χ0n) is 8.94. The number of rotatable bonds is 4. The molecule has 2 rings (SSSR count). The van der Waals surface area contributed by atoms with Crippen molar-refractivity contribution >= 4 is 11.9 Å². The summed E-state index contributed by atoms with van der Waals surface area (Å²) in [6.07, 6.45) is 2.08. The molecule has 0 aromatic carbocycles. The summed E-state index contributed by atoms with van der Waals surface area (Å²) >= 11 is 0. The van der Waals surface area contributed by atoms with Gasteiger partial charge in [0.05, 0.1) is 11.6 Å². The maximum Gasteiger partial charge on any atom is 0.311 e. The van der Waals surface area contributed by atoms with Crippen molar-refractivity contribution in [2.75, 3.05) is 6.54 Å². The first-order valence-corrected chi connectivity index (χ1v) is 5.17. The summed E-state index contributed by atoms with van der Waals surface area (Å²) in [5.41, 5.74) is -0.733. The third kappa shape index (κ3) is 2.41. The van der Waals surface area contributed by atoms with Gasteiger partial charge < -0.3 is 10.4 Å². The van der Waals surface area contributed by atoms with Crippen LogP contribution in [0.5, 0.6) is 0 Å². The highest BCUT2D eigenvalue weighted by Crippen LogP contribution is 2.45. The number of nitrogens with zero attached hydrogens (tertiary/aromatic N) is 1. The van der Waals surface area contributed by atoms with E-state index < -0.39 is 23.1 Å². The Labute approximate surface area is 96.7 Å². The molecule has 1 aromatic heterocycles. The number of aromatic nitrogens is 1. The molecule has 6 heteroatoms. The maximum absolute atomic E-state index is 12.6. The number of aliphatic carboxylic acids is 1. The molecule has 1 aromatic rings. The van der Waals surface area contributed by atoms with Gasteiger partial charge in [0, 0.05) is 6.54 Å². The predicted octanol–water partition coefficient (Wildman–Crippen LogP) is 0.815. The number of hydrogen-bond donors (Lipinski definition) is 2. The smallest absolute Gasteiger partial charge is 0.311 e. The summed E-state index contributed by atoms with van der Waals surface area (Å²) in [4.78, 5) is 26.0. The molecule has 1 saturated carbocycles. The third-order valence-corrected chi connectivity index (χ3v) is 2.85. The van der Waals surface area contributed by atoms with E-state index in [1.807, 2.05) is 0 Å². The SMILES string of the molecule is O=C(NCC1(C(=O)O)CC1)c1ccc(F)cn1. The number of nitrogens with one attached hydrogen (secondary N) is 1. The number of carboxylic acids is 1. The molecule has 0 saturated heterocycles. The van der Waals surface area contributed by atoms with E-state index >= 15 is 0 Å². The zero-order chi connectivity index (χ0) is 12.5. The summed E-state index contributed by atoms with van der Waals surface area (Å²) in [6.45, 7) is 0.0836. The summed E-state index contributed by atoms with van der Waals surface area (Å²) in [5.74, 6) is -1.91. The predicted molar refractivity (Wildman–Crippen MR) is 55.8 cm³/mol. The maximum atomic E-state index is 12.6. The molecule has 90 valence electrons. The van der Waals surface area contributed by atoms with Gasteiger partial charge in [0.2, 0.25) is 0 Å². The lowest BCUT2D eigenvalue weighted by Crippen LogP contribution is -2.34. The van der Waals surface area contributed by atoms with Gasteiger partial charge in [-0.2, -0.15) is 0 Å². The number of pyridine rings is 1. The van der Waals surface area contributed by atoms with Gasteiger partial charge in [-0.25, -0.2) is 9.37 Å². The average molecular weight is 238 g/mol. The molecule has 2 N–H and O–H groups in total. The van der Waals surface area contributed by atoms with E-state index in [4.69, 9.17) is 5.11 Å². The standard InChI is InChI=1S/C11H11FN2O3/c12-7-1-2-8(13-5-7)9(15)14-6-11(3-4-11)10(16)17/h1-2,5H,3-4,6H2,(H,14,15)(H,16,17). The van der Waals surface area contributed by atoms with Crippen molar-refractivity contribution in [3.63, 3.8) is 0 Å². The Bertz CT molecular complexity index is 454. The zero-order valence-corrected chi connectivity index (χ0v) is 8.94. The minimum Gasteiger partial charge on any atom is -0.481 e. The molecule has 1 aliphatic carbocycles. The van der Waals surface area contributed by atoms with Crippen molar-refractivity contribution in [3.8, 4) is 0 Å². The van der Waals surface area contributed by atoms with Crippen LogP contribution in [-0.2, 0) is 4.79 Å². The Morgan fingerprint density at radius 2 is 2.18 bits per heavy atom. The number of halogens is 1. The molecule has 0 atom stereocenters. The number of carboxylic acid groups (broad SMARTS) is 1. The Hall–Kier alpha value is -1.98. The highest BCUT2D eigenvalue weighted by Gasteiger charge is 2.50. The number of carbonyl (C=O) groups excluding carboxylic acids is 1. The molecule has 5 nitrogen and oxygen atoms in total. The van der Waals surface area contributed by atoms with Crippen LogP contribution in [0.3, 0.4) is 0 Å². The summed E-state index contributed by atoms with van der Waals surface area (Å²) in [6, 6.07) is 2.39. The van der Waals surface area contributed by atoms with Crippen molar-refractivity contribution in [2.45, 2.75) is 12.8 Å². The molecule has 17 heavy (non-hydrogen) atoms. The van der Waals surface area contributed by atoms with Crippen molar-refractivity contribution in [2.24, 2.45) is 5.41 Å². The van der Waals surface area contributed by atoms with Gasteiger partial charge in [-0.15, -0.1) is 0 Å². The lowest BCUT2D eigenvalue weighted by Gasteiger charge is -2.10. The van der Waals surface area contributed by atoms with Crippen LogP contribution < -0.4 is 5.32 Å². The first-order chi connectivity index (χ1) is 8.03. The van der Waals surface area contributed by atoms with Crippen LogP contribution in [0.25, 0.3) is 0 Å². The molecule has 1 aliphatic rings. The van der Waals surface area contributed by atoms with Crippen LogP contribution in [0.2, 0.25) is 0 Å². The second-order valence-corrected chi connectivity index (χ2v) is 4.13. The van der Waals surface area contributed by atoms with E-state index in [2.05, 4.69) is 10.3 Å². The molecular weight excluding hydrogens is 227 g/mol. The highest BCUT2D eigenvalue weighted by atomic mass is 19.1. The van der Waals surface area contributed by atoms with Crippen molar-refractivity contribution in [1.29, 1.82) is 0 Å². The van der Waals surface area contributed by atoms with Gasteiger partial charge in [0.25, 0.3) is 5.91 Å². The number of amides is 1. The van der Waals surface area contributed by atoms with Gasteiger partial charge in [0.1, 0.15) is 11.5 Å². The van der Waals surface area contributed by atoms with Crippen LogP contribution in [0, 0.1) is 11.2 Å². The van der Waals surface area contributed by atoms with Crippen molar-refractivity contribution < 1.29 is 19.1 Å². The van der Waals surface area contributed by atoms with E-state index in [0.717, 1.165) is 12.3 Å². The van der Waals surface area contributed by atoms with Crippen LogP contribution in [0.4, 0.5) is 4.39 Å². The summed E-state index contributed by atoms with van der Waals surface area (Å²) in [5, 5.41) is 11.4. The van der Waals surface area contributed by atoms with E-state index in [-0.39, 0.29) is 12.2 Å². The Kier molecular flexibility index (Phi) is 2.79. The van der Waals surface area contributed by atoms with E-state index in [1.165, 1.54) is 6.07 Å². The molecule has 0 unspecified atom stereocenters. The Balaban J connectivity index is 1.94. The van der Waals surface area contributed by atoms with E-state index in [1.54, 1.807) is 0 Å². The fraction of sp³-hybridized carbons (Fsp3) is 0.364. The third-order valence-electron chi connectivity index (χ3n) is 2.85. The second kappa shape index (κ2) is 4.12. The Morgan fingerprint density at radius 3 is 2.65 bits per heavy atom. The summed E-state index contributed by atoms with van der Waals surface area (Å²) < 4.78 is 12.6. The fourth-order valence-electron chi connectivity index (χ4n) is 1.47. The van der Waals surface area contributed by atoms with Crippen LogP contribution in [-0.4, -0.2) is 28.5 Å². The van der Waals surface area contributed by atoms with Crippen LogP contribution in [0.15, 0.2) is 18.3 Å². The van der Waals surface area contributed by atoms with Crippen molar-refractivity contribution in [1.82, 2.24) is 10.3 Å². The van der Waals surface area contributed by atoms with Crippen molar-refractivity contribution in [3.05, 3.63) is 29.8 Å². The van der Waals surface area contributed by atoms with Gasteiger partial charge in [0.15, 0.2) is 0 Å². The molecule has 0 spiro atoms. The van der Waals surface area contributed by atoms with Gasteiger partial charge >= 0.3 is 5.97 Å². The molecule has 1 amide bonds. The molecule has 0 radical (unpaired) electrons. The van der Waals surface area contributed by atoms with Gasteiger partial charge in [-0.3, -0.25) is 9.59 Å². The quantitative estimate of drug-likeness (QED) is 0.813. The van der Waals surface area contributed by atoms with Gasteiger partial charge in [-0.1, -0.05) is 0 Å². The monoisotopic (exact) mass is 238 g/mol. The van der Waals surface area contributed by atoms with Crippen LogP contribution in [0.1, 0.15) is 23.3 Å². The topological polar surface area (TPSA) is 79.3 Å². The fourth-order valence-corrected chi connectivity index (χ4v) is 1.47. The molecule has 0 bridgehead atoms. The Morgan fingerprint density at radius 1 is 1.47 bits per heavy atom. The second-order valence-electron chi connectivity index (χ2n) is 4.13. The largest absolute Gasteiger partial charge is 0.481 e. The molecule has 1 fully saturated rings. The summed E-state index contributed by atoms with van der Waals surface area (Å²) in [7, 11) is 0. The molecule has 1 heterocycles. The van der Waals surface area contributed by atoms with E-state index in [0.29, 0.717) is 12.8 Å². The normalized spacial score (nSPS) is 16.3. The van der Waals surface area contributed by atoms with Crippen LogP contribution >= 0.6 is 0 Å². The molecule has 0 aliphatic heterocycles. The minimum absolute atomic E-state index is 0.0765. The minimum atomic E-state index is -0.898. The average Bonchev–Trinajstić information content (AvgIpc) is 3.08. The lowest BCUT2D eigenvalue weighted by atomic mass is 10.1. The number of hydrogen-bond acceptors (Lipinski definition) is 3. The number of carbonyl (C=O) groups is 2.